The highest BCUT2D eigenvalue weighted by Gasteiger charge is 2.28. The molecule has 7 heteroatoms. The minimum absolute atomic E-state index is 0.0796. The quantitative estimate of drug-likeness (QED) is 0.721. The Morgan fingerprint density at radius 3 is 2.83 bits per heavy atom. The van der Waals surface area contributed by atoms with Crippen LogP contribution in [0.15, 0.2) is 27.1 Å². The molecule has 1 aliphatic rings. The van der Waals surface area contributed by atoms with Gasteiger partial charge in [-0.05, 0) is 66.4 Å². The second-order valence-electron chi connectivity index (χ2n) is 5.89. The Kier molecular flexibility index (Phi) is 6.61. The molecule has 1 saturated heterocycles. The summed E-state index contributed by atoms with van der Waals surface area (Å²) in [6.45, 7) is 3.35. The van der Waals surface area contributed by atoms with Gasteiger partial charge < -0.3 is 10.4 Å². The third-order valence-corrected chi connectivity index (χ3v) is 5.28. The predicted octanol–water partition coefficient (Wildman–Crippen LogP) is 3.73. The summed E-state index contributed by atoms with van der Waals surface area (Å²) in [5, 5.41) is 11.9. The Morgan fingerprint density at radius 2 is 2.17 bits per heavy atom. The van der Waals surface area contributed by atoms with Gasteiger partial charge in [0.15, 0.2) is 0 Å². The molecule has 2 N–H and O–H groups in total. The summed E-state index contributed by atoms with van der Waals surface area (Å²) in [7, 11) is 0. The van der Waals surface area contributed by atoms with Crippen LogP contribution in [0.2, 0.25) is 0 Å². The highest BCUT2D eigenvalue weighted by atomic mass is 79.9. The fraction of sp³-hybridized carbons (Fsp3) is 0.500. The maximum Gasteiger partial charge on any atom is 0.303 e. The van der Waals surface area contributed by atoms with Gasteiger partial charge in [-0.1, -0.05) is 15.9 Å². The minimum atomic E-state index is -0.771. The molecule has 2 atom stereocenters. The summed E-state index contributed by atoms with van der Waals surface area (Å²) in [6, 6.07) is 5.29. The van der Waals surface area contributed by atoms with Crippen molar-refractivity contribution in [3.05, 3.63) is 27.1 Å². The summed E-state index contributed by atoms with van der Waals surface area (Å²) in [5.74, 6) is -0.729. The van der Waals surface area contributed by atoms with Gasteiger partial charge in [-0.25, -0.2) is 0 Å². The molecular formula is C16H20Br2N2O3. The molecule has 0 saturated carbocycles. The highest BCUT2D eigenvalue weighted by Crippen LogP contribution is 2.27. The Balaban J connectivity index is 1.97. The molecule has 5 nitrogen and oxygen atoms in total. The smallest absolute Gasteiger partial charge is 0.303 e. The van der Waals surface area contributed by atoms with E-state index in [0.29, 0.717) is 6.54 Å². The number of carboxylic acid groups (broad SMARTS) is 1. The topological polar surface area (TPSA) is 69.6 Å². The number of nitrogens with zero attached hydrogens (tertiary/aromatic N) is 1. The van der Waals surface area contributed by atoms with Gasteiger partial charge in [-0.3, -0.25) is 14.5 Å². The van der Waals surface area contributed by atoms with E-state index in [9.17, 15) is 9.59 Å². The third kappa shape index (κ3) is 5.29. The van der Waals surface area contributed by atoms with E-state index in [0.717, 1.165) is 34.0 Å². The van der Waals surface area contributed by atoms with Crippen LogP contribution in [0.3, 0.4) is 0 Å². The van der Waals surface area contributed by atoms with Crippen LogP contribution in [-0.2, 0) is 9.59 Å². The van der Waals surface area contributed by atoms with Gasteiger partial charge in [0.05, 0.1) is 11.7 Å². The molecular weight excluding hydrogens is 428 g/mol. The molecule has 0 bridgehead atoms. The number of hydrogen-bond donors (Lipinski definition) is 2. The van der Waals surface area contributed by atoms with Gasteiger partial charge in [0.25, 0.3) is 0 Å². The van der Waals surface area contributed by atoms with Crippen LogP contribution in [0.1, 0.15) is 26.2 Å². The number of benzene rings is 1. The number of likely N-dealkylation sites (tertiary alicyclic amines) is 1. The Bertz CT molecular complexity index is 595. The molecule has 126 valence electrons. The van der Waals surface area contributed by atoms with E-state index < -0.39 is 5.97 Å². The molecule has 0 aromatic heterocycles. The molecule has 1 heterocycles. The maximum absolute atomic E-state index is 12.5. The lowest BCUT2D eigenvalue weighted by Gasteiger charge is -2.35. The van der Waals surface area contributed by atoms with Gasteiger partial charge >= 0.3 is 5.97 Å². The first-order valence-corrected chi connectivity index (χ1v) is 9.17. The van der Waals surface area contributed by atoms with Gasteiger partial charge in [-0.15, -0.1) is 0 Å². The number of halogens is 2. The zero-order chi connectivity index (χ0) is 17.0. The van der Waals surface area contributed by atoms with Crippen molar-refractivity contribution in [2.45, 2.75) is 32.2 Å². The molecule has 1 aromatic carbocycles. The van der Waals surface area contributed by atoms with Crippen molar-refractivity contribution < 1.29 is 14.7 Å². The fourth-order valence-corrected chi connectivity index (χ4v) is 4.00. The Labute approximate surface area is 152 Å². The van der Waals surface area contributed by atoms with Crippen molar-refractivity contribution in [2.24, 2.45) is 5.92 Å². The first kappa shape index (κ1) is 18.4. The van der Waals surface area contributed by atoms with Gasteiger partial charge in [0.2, 0.25) is 5.91 Å². The second kappa shape index (κ2) is 8.26. The van der Waals surface area contributed by atoms with Crippen molar-refractivity contribution >= 4 is 49.4 Å². The first-order chi connectivity index (χ1) is 10.9. The number of rotatable bonds is 5. The summed E-state index contributed by atoms with van der Waals surface area (Å²) < 4.78 is 1.75. The van der Waals surface area contributed by atoms with Crippen LogP contribution in [0.4, 0.5) is 5.69 Å². The number of nitrogens with one attached hydrogen (secondary N) is 1. The summed E-state index contributed by atoms with van der Waals surface area (Å²) in [4.78, 5) is 25.4. The molecule has 1 aliphatic heterocycles. The van der Waals surface area contributed by atoms with Crippen molar-refractivity contribution in [3.63, 3.8) is 0 Å². The molecule has 0 radical (unpaired) electrons. The number of aliphatic carboxylic acids is 1. The van der Waals surface area contributed by atoms with Crippen LogP contribution in [0, 0.1) is 5.92 Å². The monoisotopic (exact) mass is 446 g/mol. The second-order valence-corrected chi connectivity index (χ2v) is 7.66. The molecule has 0 unspecified atom stereocenters. The van der Waals surface area contributed by atoms with Crippen LogP contribution < -0.4 is 5.32 Å². The molecule has 0 spiro atoms. The van der Waals surface area contributed by atoms with E-state index in [1.165, 1.54) is 0 Å². The maximum atomic E-state index is 12.5. The van der Waals surface area contributed by atoms with Crippen molar-refractivity contribution in [2.75, 3.05) is 18.4 Å². The minimum Gasteiger partial charge on any atom is -0.481 e. The molecule has 0 aliphatic carbocycles. The van der Waals surface area contributed by atoms with Gasteiger partial charge in [0, 0.05) is 21.9 Å². The van der Waals surface area contributed by atoms with Crippen LogP contribution in [0.25, 0.3) is 0 Å². The normalized spacial score (nSPS) is 20.0. The van der Waals surface area contributed by atoms with Crippen LogP contribution in [0.5, 0.6) is 0 Å². The number of hydrogen-bond acceptors (Lipinski definition) is 3. The number of carboxylic acids is 1. The lowest BCUT2D eigenvalue weighted by Crippen LogP contribution is -2.47. The number of carbonyl (C=O) groups excluding carboxylic acids is 1. The van der Waals surface area contributed by atoms with Crippen molar-refractivity contribution in [1.29, 1.82) is 0 Å². The summed E-state index contributed by atoms with van der Waals surface area (Å²) >= 11 is 6.82. The average Bonchev–Trinajstić information content (AvgIpc) is 2.49. The molecule has 1 aromatic rings. The molecule has 23 heavy (non-hydrogen) atoms. The zero-order valence-electron chi connectivity index (χ0n) is 12.9. The van der Waals surface area contributed by atoms with Gasteiger partial charge in [-0.2, -0.15) is 0 Å². The highest BCUT2D eigenvalue weighted by molar-refractivity contribution is 9.11. The molecule has 1 fully saturated rings. The number of piperidine rings is 1. The fourth-order valence-electron chi connectivity index (χ4n) is 2.86. The van der Waals surface area contributed by atoms with Gasteiger partial charge in [0.1, 0.15) is 0 Å². The average molecular weight is 448 g/mol. The SMILES string of the molecule is C[C@@H](C(=O)Nc1ccc(Br)cc1Br)N1CCC[C@@H](CC(=O)O)C1. The Morgan fingerprint density at radius 1 is 1.43 bits per heavy atom. The van der Waals surface area contributed by atoms with E-state index in [1.807, 2.05) is 25.1 Å². The Hall–Kier alpha value is -0.920. The van der Waals surface area contributed by atoms with E-state index in [4.69, 9.17) is 5.11 Å². The van der Waals surface area contributed by atoms with E-state index in [1.54, 1.807) is 0 Å². The standard InChI is InChI=1S/C16H20Br2N2O3/c1-10(20-6-2-3-11(9-20)7-15(21)22)16(23)19-14-5-4-12(17)8-13(14)18/h4-5,8,10-11H,2-3,6-7,9H2,1H3,(H,19,23)(H,21,22)/t10-,11-/m0/s1. The number of carbonyl (C=O) groups is 2. The van der Waals surface area contributed by atoms with Crippen molar-refractivity contribution in [1.82, 2.24) is 4.90 Å². The largest absolute Gasteiger partial charge is 0.481 e. The van der Waals surface area contributed by atoms with E-state index >= 15 is 0 Å². The van der Waals surface area contributed by atoms with Crippen LogP contribution in [-0.4, -0.2) is 41.0 Å². The summed E-state index contributed by atoms with van der Waals surface area (Å²) in [6.07, 6.45) is 2.01. The molecule has 2 rings (SSSR count). The number of amides is 1. The number of anilines is 1. The van der Waals surface area contributed by atoms with Crippen LogP contribution >= 0.6 is 31.9 Å². The predicted molar refractivity (Wildman–Crippen MR) is 96.5 cm³/mol. The lowest BCUT2D eigenvalue weighted by molar-refractivity contribution is -0.138. The summed E-state index contributed by atoms with van der Waals surface area (Å²) in [5.41, 5.74) is 0.726. The van der Waals surface area contributed by atoms with Crippen molar-refractivity contribution in [3.8, 4) is 0 Å². The first-order valence-electron chi connectivity index (χ1n) is 7.58. The lowest BCUT2D eigenvalue weighted by atomic mass is 9.94. The van der Waals surface area contributed by atoms with E-state index in [2.05, 4.69) is 42.1 Å². The third-order valence-electron chi connectivity index (χ3n) is 4.13. The van der Waals surface area contributed by atoms with E-state index in [-0.39, 0.29) is 24.3 Å². The zero-order valence-corrected chi connectivity index (χ0v) is 16.1. The molecule has 1 amide bonds.